The molecule has 1 atom stereocenters. The second kappa shape index (κ2) is 3.51. The van der Waals surface area contributed by atoms with Crippen LogP contribution in [0.1, 0.15) is 11.6 Å². The molecule has 1 aromatic rings. The molecule has 3 nitrogen and oxygen atoms in total. The number of anilines is 1. The van der Waals surface area contributed by atoms with Crippen molar-refractivity contribution in [2.24, 2.45) is 11.5 Å². The van der Waals surface area contributed by atoms with E-state index in [1.807, 2.05) is 0 Å². The fraction of sp³-hybridized carbons (Fsp3) is 0.250. The van der Waals surface area contributed by atoms with Crippen molar-refractivity contribution in [3.63, 3.8) is 0 Å². The summed E-state index contributed by atoms with van der Waals surface area (Å²) in [6.45, 7) is 0.281. The Hall–Kier alpha value is -1.13. The molecule has 0 spiro atoms. The summed E-state index contributed by atoms with van der Waals surface area (Å²) in [7, 11) is 0. The highest BCUT2D eigenvalue weighted by Crippen LogP contribution is 2.15. The maximum atomic E-state index is 12.7. The zero-order valence-electron chi connectivity index (χ0n) is 6.63. The van der Waals surface area contributed by atoms with Gasteiger partial charge in [0.15, 0.2) is 0 Å². The van der Waals surface area contributed by atoms with E-state index in [0.717, 1.165) is 0 Å². The van der Waals surface area contributed by atoms with E-state index in [-0.39, 0.29) is 18.4 Å². The van der Waals surface area contributed by atoms with Crippen LogP contribution in [-0.2, 0) is 0 Å². The minimum atomic E-state index is -0.381. The van der Waals surface area contributed by atoms with Gasteiger partial charge >= 0.3 is 0 Å². The molecule has 0 radical (unpaired) electrons. The summed E-state index contributed by atoms with van der Waals surface area (Å²) in [4.78, 5) is 0. The van der Waals surface area contributed by atoms with Crippen molar-refractivity contribution in [1.29, 1.82) is 0 Å². The van der Waals surface area contributed by atoms with Crippen molar-refractivity contribution in [1.82, 2.24) is 0 Å². The van der Waals surface area contributed by atoms with Gasteiger partial charge < -0.3 is 17.2 Å². The summed E-state index contributed by atoms with van der Waals surface area (Å²) in [5.74, 6) is -0.381. The van der Waals surface area contributed by atoms with Gasteiger partial charge in [-0.15, -0.1) is 0 Å². The summed E-state index contributed by atoms with van der Waals surface area (Å²) < 4.78 is 12.7. The molecule has 1 aromatic carbocycles. The van der Waals surface area contributed by atoms with Gasteiger partial charge in [-0.2, -0.15) is 0 Å². The molecule has 0 aromatic heterocycles. The van der Waals surface area contributed by atoms with Crippen molar-refractivity contribution in [3.05, 3.63) is 29.6 Å². The predicted octanol–water partition coefficient (Wildman–Crippen LogP) is 0.366. The average Bonchev–Trinajstić information content (AvgIpc) is 2.01. The van der Waals surface area contributed by atoms with Crippen LogP contribution in [0.2, 0.25) is 0 Å². The summed E-state index contributed by atoms with van der Waals surface area (Å²) in [6, 6.07) is 3.87. The molecule has 1 rings (SSSR count). The Morgan fingerprint density at radius 2 is 2.00 bits per heavy atom. The average molecular weight is 169 g/mol. The highest BCUT2D eigenvalue weighted by Gasteiger charge is 2.05. The third-order valence-electron chi connectivity index (χ3n) is 1.62. The van der Waals surface area contributed by atoms with Crippen LogP contribution in [0.15, 0.2) is 18.2 Å². The SMILES string of the molecule is NCC(N)c1cc(N)cc(F)c1. The third kappa shape index (κ3) is 1.93. The van der Waals surface area contributed by atoms with E-state index in [1.54, 1.807) is 6.07 Å². The second-order valence-corrected chi connectivity index (χ2v) is 2.66. The summed E-state index contributed by atoms with van der Waals surface area (Å²) >= 11 is 0. The van der Waals surface area contributed by atoms with Crippen LogP contribution >= 0.6 is 0 Å². The molecule has 0 fully saturated rings. The molecule has 0 aliphatic carbocycles. The second-order valence-electron chi connectivity index (χ2n) is 2.66. The standard InChI is InChI=1S/C8H12FN3/c9-6-1-5(8(12)4-10)2-7(11)3-6/h1-3,8H,4,10-12H2. The lowest BCUT2D eigenvalue weighted by Crippen LogP contribution is -2.20. The van der Waals surface area contributed by atoms with Gasteiger partial charge in [0.2, 0.25) is 0 Å². The monoisotopic (exact) mass is 169 g/mol. The Morgan fingerprint density at radius 3 is 2.50 bits per heavy atom. The lowest BCUT2D eigenvalue weighted by molar-refractivity contribution is 0.620. The summed E-state index contributed by atoms with van der Waals surface area (Å²) in [5, 5.41) is 0. The number of hydrogen-bond donors (Lipinski definition) is 3. The van der Waals surface area contributed by atoms with Crippen molar-refractivity contribution in [2.45, 2.75) is 6.04 Å². The lowest BCUT2D eigenvalue weighted by atomic mass is 10.1. The molecule has 0 saturated heterocycles. The van der Waals surface area contributed by atoms with Crippen LogP contribution in [0.5, 0.6) is 0 Å². The Kier molecular flexibility index (Phi) is 2.62. The Morgan fingerprint density at radius 1 is 1.33 bits per heavy atom. The molecule has 4 heteroatoms. The Labute approximate surface area is 70.3 Å². The number of benzene rings is 1. The first-order chi connectivity index (χ1) is 5.63. The minimum absolute atomic E-state index is 0.281. The Balaban J connectivity index is 3.00. The van der Waals surface area contributed by atoms with Crippen molar-refractivity contribution < 1.29 is 4.39 Å². The highest BCUT2D eigenvalue weighted by atomic mass is 19.1. The van der Waals surface area contributed by atoms with Crippen LogP contribution in [0.3, 0.4) is 0 Å². The van der Waals surface area contributed by atoms with Crippen molar-refractivity contribution in [3.8, 4) is 0 Å². The topological polar surface area (TPSA) is 78.1 Å². The number of rotatable bonds is 2. The molecule has 0 saturated carbocycles. The highest BCUT2D eigenvalue weighted by molar-refractivity contribution is 5.42. The molecular weight excluding hydrogens is 157 g/mol. The minimum Gasteiger partial charge on any atom is -0.399 e. The number of nitrogen functional groups attached to an aromatic ring is 1. The molecule has 0 amide bonds. The summed E-state index contributed by atoms with van der Waals surface area (Å²) in [6.07, 6.45) is 0. The van der Waals surface area contributed by atoms with Gasteiger partial charge in [0.1, 0.15) is 5.82 Å². The normalized spacial score (nSPS) is 12.9. The van der Waals surface area contributed by atoms with E-state index in [0.29, 0.717) is 11.3 Å². The number of halogens is 1. The number of nitrogens with two attached hydrogens (primary N) is 3. The van der Waals surface area contributed by atoms with Crippen LogP contribution in [-0.4, -0.2) is 6.54 Å². The van der Waals surface area contributed by atoms with E-state index in [9.17, 15) is 4.39 Å². The van der Waals surface area contributed by atoms with Crippen LogP contribution in [0.4, 0.5) is 10.1 Å². The smallest absolute Gasteiger partial charge is 0.125 e. The first-order valence-corrected chi connectivity index (χ1v) is 3.65. The van der Waals surface area contributed by atoms with Crippen LogP contribution in [0, 0.1) is 5.82 Å². The molecule has 66 valence electrons. The molecule has 0 aliphatic rings. The molecule has 0 bridgehead atoms. The zero-order valence-corrected chi connectivity index (χ0v) is 6.63. The number of hydrogen-bond acceptors (Lipinski definition) is 3. The van der Waals surface area contributed by atoms with E-state index < -0.39 is 0 Å². The first-order valence-electron chi connectivity index (χ1n) is 3.65. The van der Waals surface area contributed by atoms with E-state index in [4.69, 9.17) is 17.2 Å². The van der Waals surface area contributed by atoms with Crippen LogP contribution in [0.25, 0.3) is 0 Å². The molecule has 1 unspecified atom stereocenters. The zero-order chi connectivity index (χ0) is 9.14. The van der Waals surface area contributed by atoms with Crippen LogP contribution < -0.4 is 17.2 Å². The molecule has 12 heavy (non-hydrogen) atoms. The van der Waals surface area contributed by atoms with Crippen molar-refractivity contribution in [2.75, 3.05) is 12.3 Å². The molecule has 0 heterocycles. The molecule has 0 aliphatic heterocycles. The maximum absolute atomic E-state index is 12.7. The fourth-order valence-electron chi connectivity index (χ4n) is 0.986. The van der Waals surface area contributed by atoms with Gasteiger partial charge in [-0.1, -0.05) is 0 Å². The third-order valence-corrected chi connectivity index (χ3v) is 1.62. The largest absolute Gasteiger partial charge is 0.399 e. The predicted molar refractivity (Wildman–Crippen MR) is 46.8 cm³/mol. The van der Waals surface area contributed by atoms with E-state index >= 15 is 0 Å². The first kappa shape index (κ1) is 8.96. The quantitative estimate of drug-likeness (QED) is 0.559. The summed E-state index contributed by atoms with van der Waals surface area (Å²) in [5.41, 5.74) is 17.3. The van der Waals surface area contributed by atoms with E-state index in [2.05, 4.69) is 0 Å². The van der Waals surface area contributed by atoms with Gasteiger partial charge in [0.05, 0.1) is 0 Å². The molecule has 6 N–H and O–H groups in total. The van der Waals surface area contributed by atoms with Gasteiger partial charge in [0.25, 0.3) is 0 Å². The van der Waals surface area contributed by atoms with Crippen molar-refractivity contribution >= 4 is 5.69 Å². The van der Waals surface area contributed by atoms with Gasteiger partial charge in [-0.3, -0.25) is 0 Å². The molecular formula is C8H12FN3. The maximum Gasteiger partial charge on any atom is 0.125 e. The lowest BCUT2D eigenvalue weighted by Gasteiger charge is -2.09. The van der Waals surface area contributed by atoms with E-state index in [1.165, 1.54) is 12.1 Å². The van der Waals surface area contributed by atoms with Gasteiger partial charge in [-0.25, -0.2) is 4.39 Å². The van der Waals surface area contributed by atoms with Gasteiger partial charge in [-0.05, 0) is 23.8 Å². The Bertz CT molecular complexity index is 255. The fourth-order valence-corrected chi connectivity index (χ4v) is 0.986. The van der Waals surface area contributed by atoms with Gasteiger partial charge in [0, 0.05) is 18.3 Å².